The fraction of sp³-hybridized carbons (Fsp3) is 0.0930. The van der Waals surface area contributed by atoms with Gasteiger partial charge in [-0.1, -0.05) is 147 Å². The van der Waals surface area contributed by atoms with Crippen molar-refractivity contribution < 1.29 is 0 Å². The topological polar surface area (TPSA) is 24.4 Å². The summed E-state index contributed by atoms with van der Waals surface area (Å²) >= 11 is 0. The lowest BCUT2D eigenvalue weighted by atomic mass is 9.84. The molecule has 1 N–H and O–H groups in total. The molecule has 6 rings (SSSR count). The van der Waals surface area contributed by atoms with Gasteiger partial charge in [0.05, 0.1) is 5.71 Å². The molecule has 2 heteroatoms. The summed E-state index contributed by atoms with van der Waals surface area (Å²) in [5.41, 5.74) is 10.5. The van der Waals surface area contributed by atoms with Crippen LogP contribution in [0.25, 0.3) is 43.9 Å². The van der Waals surface area contributed by atoms with E-state index in [-0.39, 0.29) is 5.92 Å². The third kappa shape index (κ3) is 6.14. The monoisotopic (exact) mass is 582 g/mol. The van der Waals surface area contributed by atoms with Gasteiger partial charge in [-0.05, 0) is 74.5 Å². The van der Waals surface area contributed by atoms with Crippen molar-refractivity contribution in [1.29, 1.82) is 0 Å². The van der Waals surface area contributed by atoms with Crippen molar-refractivity contribution in [1.82, 2.24) is 5.32 Å². The Kier molecular flexibility index (Phi) is 8.84. The first-order valence-electron chi connectivity index (χ1n) is 15.5. The van der Waals surface area contributed by atoms with Gasteiger partial charge in [0.25, 0.3) is 0 Å². The molecule has 0 bridgehead atoms. The Bertz CT molecular complexity index is 1990. The van der Waals surface area contributed by atoms with Crippen LogP contribution in [-0.4, -0.2) is 12.8 Å². The van der Waals surface area contributed by atoms with Gasteiger partial charge < -0.3 is 5.32 Å². The molecule has 1 aliphatic rings. The first kappa shape index (κ1) is 29.6. The minimum absolute atomic E-state index is 0.247. The second-order valence-electron chi connectivity index (χ2n) is 11.4. The number of aliphatic imine (C=N–C) groups is 1. The van der Waals surface area contributed by atoms with Crippen LogP contribution in [0.3, 0.4) is 0 Å². The second-order valence-corrected chi connectivity index (χ2v) is 11.4. The molecule has 0 spiro atoms. The van der Waals surface area contributed by atoms with Crippen LogP contribution < -0.4 is 5.32 Å². The maximum absolute atomic E-state index is 4.28. The van der Waals surface area contributed by atoms with E-state index in [4.69, 9.17) is 0 Å². The first-order valence-corrected chi connectivity index (χ1v) is 15.5. The fourth-order valence-electron chi connectivity index (χ4n) is 6.21. The van der Waals surface area contributed by atoms with Crippen LogP contribution >= 0.6 is 0 Å². The number of hydrogen-bond donors (Lipinski definition) is 1. The zero-order chi connectivity index (χ0) is 31.2. The quantitative estimate of drug-likeness (QED) is 0.0988. The molecule has 2 nitrogen and oxygen atoms in total. The molecular weight excluding hydrogens is 544 g/mol. The molecule has 0 saturated carbocycles. The lowest BCUT2D eigenvalue weighted by molar-refractivity contribution is 0.992. The summed E-state index contributed by atoms with van der Waals surface area (Å²) in [6.45, 7) is 8.29. The van der Waals surface area contributed by atoms with Crippen molar-refractivity contribution in [3.63, 3.8) is 0 Å². The highest BCUT2D eigenvalue weighted by Gasteiger charge is 2.18. The molecule has 0 amide bonds. The van der Waals surface area contributed by atoms with Crippen molar-refractivity contribution in [2.45, 2.75) is 19.8 Å². The maximum Gasteiger partial charge on any atom is 0.0645 e. The summed E-state index contributed by atoms with van der Waals surface area (Å²) in [7, 11) is 1.99. The number of nitrogens with zero attached hydrogens (tertiary/aromatic N) is 1. The standard InChI is InChI=1S/C43H38N2/c1-5-6-14-31(3)41-36-17-10-12-19-38(36)42(39-20-13-11-18-37(39)41)33-24-22-32(23-25-33)40(29-30(2)21-26-35-27-28-45-35)43(44-4)34-15-8-7-9-16-34/h5-29,31,44H,1H2,2-4H3/b14-6-,26-21-,30-29+,43-40+. The molecule has 5 aromatic carbocycles. The number of hydrogen-bond acceptors (Lipinski definition) is 2. The first-order chi connectivity index (χ1) is 22.1. The molecule has 5 aromatic rings. The molecule has 1 aliphatic heterocycles. The zero-order valence-corrected chi connectivity index (χ0v) is 26.2. The Balaban J connectivity index is 1.51. The molecule has 1 unspecified atom stereocenters. The van der Waals surface area contributed by atoms with E-state index in [0.29, 0.717) is 0 Å². The average molecular weight is 583 g/mol. The number of nitrogens with one attached hydrogen (secondary N) is 1. The molecule has 0 aliphatic carbocycles. The van der Waals surface area contributed by atoms with Gasteiger partial charge in [0.2, 0.25) is 0 Å². The third-order valence-corrected chi connectivity index (χ3v) is 8.39. The van der Waals surface area contributed by atoms with E-state index in [1.165, 1.54) is 38.2 Å². The van der Waals surface area contributed by atoms with Crippen LogP contribution in [0.2, 0.25) is 0 Å². The molecule has 1 atom stereocenters. The number of fused-ring (bicyclic) bond motifs is 2. The van der Waals surface area contributed by atoms with E-state index in [1.54, 1.807) is 0 Å². The summed E-state index contributed by atoms with van der Waals surface area (Å²) < 4.78 is 0. The Morgan fingerprint density at radius 2 is 1.38 bits per heavy atom. The highest BCUT2D eigenvalue weighted by Crippen LogP contribution is 2.42. The molecule has 0 radical (unpaired) electrons. The molecular formula is C43H38N2. The van der Waals surface area contributed by atoms with E-state index >= 15 is 0 Å². The van der Waals surface area contributed by atoms with Crippen LogP contribution in [0.1, 0.15) is 36.5 Å². The predicted octanol–water partition coefficient (Wildman–Crippen LogP) is 11.1. The van der Waals surface area contributed by atoms with Gasteiger partial charge in [-0.25, -0.2) is 0 Å². The van der Waals surface area contributed by atoms with Gasteiger partial charge >= 0.3 is 0 Å². The lowest BCUT2D eigenvalue weighted by Gasteiger charge is -2.20. The molecule has 0 saturated heterocycles. The van der Waals surface area contributed by atoms with Gasteiger partial charge in [-0.15, -0.1) is 0 Å². The van der Waals surface area contributed by atoms with Crippen molar-refractivity contribution in [3.05, 3.63) is 181 Å². The Labute approximate surface area is 266 Å². The highest BCUT2D eigenvalue weighted by molar-refractivity contribution is 6.15. The highest BCUT2D eigenvalue weighted by atomic mass is 14.8. The zero-order valence-electron chi connectivity index (χ0n) is 26.2. The van der Waals surface area contributed by atoms with Gasteiger partial charge in [0, 0.05) is 30.4 Å². The van der Waals surface area contributed by atoms with E-state index in [2.05, 4.69) is 158 Å². The van der Waals surface area contributed by atoms with Crippen LogP contribution in [0.4, 0.5) is 0 Å². The summed E-state index contributed by atoms with van der Waals surface area (Å²) in [4.78, 5) is 4.28. The lowest BCUT2D eigenvalue weighted by Crippen LogP contribution is -2.07. The SMILES string of the molecule is C=C/C=C\C(C)c1c2ccccc2c(-c2ccc(C(/C=C(C)/C=C\C3=NC=C3)=C(/NC)c3ccccc3)cc2)c2ccccc12. The smallest absolute Gasteiger partial charge is 0.0645 e. The van der Waals surface area contributed by atoms with Gasteiger partial charge in [-0.3, -0.25) is 4.99 Å². The maximum atomic E-state index is 4.28. The Morgan fingerprint density at radius 1 is 0.778 bits per heavy atom. The van der Waals surface area contributed by atoms with Crippen molar-refractivity contribution in [2.75, 3.05) is 7.05 Å². The fourth-order valence-corrected chi connectivity index (χ4v) is 6.21. The van der Waals surface area contributed by atoms with Crippen molar-refractivity contribution >= 4 is 38.5 Å². The minimum atomic E-state index is 0.247. The average Bonchev–Trinajstić information content (AvgIpc) is 3.06. The van der Waals surface area contributed by atoms with E-state index < -0.39 is 0 Å². The minimum Gasteiger partial charge on any atom is -0.387 e. The van der Waals surface area contributed by atoms with Gasteiger partial charge in [-0.2, -0.15) is 0 Å². The molecule has 0 fully saturated rings. The number of rotatable bonds is 10. The number of benzene rings is 5. The summed E-state index contributed by atoms with van der Waals surface area (Å²) in [6, 6.07) is 37.2. The Hall–Kier alpha value is -5.47. The van der Waals surface area contributed by atoms with E-state index in [0.717, 1.165) is 33.7 Å². The summed E-state index contributed by atoms with van der Waals surface area (Å²) in [5, 5.41) is 8.61. The van der Waals surface area contributed by atoms with Crippen LogP contribution in [0.15, 0.2) is 169 Å². The van der Waals surface area contributed by atoms with Crippen molar-refractivity contribution in [3.8, 4) is 11.1 Å². The summed E-state index contributed by atoms with van der Waals surface area (Å²) in [6.07, 6.45) is 16.4. The molecule has 45 heavy (non-hydrogen) atoms. The molecule has 1 heterocycles. The number of allylic oxidation sites excluding steroid dienone is 9. The Morgan fingerprint density at radius 3 is 1.93 bits per heavy atom. The molecule has 220 valence electrons. The van der Waals surface area contributed by atoms with Gasteiger partial charge in [0.15, 0.2) is 0 Å². The van der Waals surface area contributed by atoms with E-state index in [1.807, 2.05) is 31.5 Å². The predicted molar refractivity (Wildman–Crippen MR) is 196 cm³/mol. The van der Waals surface area contributed by atoms with Crippen LogP contribution in [0.5, 0.6) is 0 Å². The largest absolute Gasteiger partial charge is 0.387 e. The van der Waals surface area contributed by atoms with Crippen LogP contribution in [-0.2, 0) is 0 Å². The summed E-state index contributed by atoms with van der Waals surface area (Å²) in [5.74, 6) is 0.247. The molecule has 0 aromatic heterocycles. The van der Waals surface area contributed by atoms with Crippen molar-refractivity contribution in [2.24, 2.45) is 4.99 Å². The van der Waals surface area contributed by atoms with E-state index in [9.17, 15) is 0 Å². The third-order valence-electron chi connectivity index (χ3n) is 8.39. The normalized spacial score (nSPS) is 14.5. The van der Waals surface area contributed by atoms with Gasteiger partial charge in [0.1, 0.15) is 0 Å². The second kappa shape index (κ2) is 13.4. The van der Waals surface area contributed by atoms with Crippen LogP contribution in [0, 0.1) is 0 Å².